The van der Waals surface area contributed by atoms with Crippen LogP contribution in [0.5, 0.6) is 0 Å². The number of hydrogen-bond acceptors (Lipinski definition) is 7. The molecule has 6 rings (SSSR count). The number of halogens is 2. The van der Waals surface area contributed by atoms with Crippen LogP contribution in [0.25, 0.3) is 18.8 Å². The third-order valence-electron chi connectivity index (χ3n) is 3.34. The van der Waals surface area contributed by atoms with E-state index in [9.17, 15) is 0 Å². The summed E-state index contributed by atoms with van der Waals surface area (Å²) in [5.74, 6) is 0. The molecule has 0 fully saturated rings. The molecule has 6 aromatic rings. The van der Waals surface area contributed by atoms with E-state index in [2.05, 4.69) is 76.7 Å². The molecule has 0 aliphatic rings. The molecule has 0 aromatic carbocycles. The van der Waals surface area contributed by atoms with Gasteiger partial charge in [-0.05, 0) is 56.5 Å². The van der Waals surface area contributed by atoms with Crippen LogP contribution in [0.4, 0.5) is 0 Å². The second kappa shape index (κ2) is 14.3. The van der Waals surface area contributed by atoms with E-state index >= 15 is 0 Å². The zero-order valence-corrected chi connectivity index (χ0v) is 23.2. The SMILES string of the molecule is [Cl][Cu][Cl].c1cc(Sc2ccsc2)cs1.c1cc2sc3ccsc3c2s1.c1ccsc1. The molecule has 0 aliphatic heterocycles. The summed E-state index contributed by atoms with van der Waals surface area (Å²) in [6.45, 7) is 0. The molecule has 0 amide bonds. The van der Waals surface area contributed by atoms with Gasteiger partial charge in [-0.1, -0.05) is 23.9 Å². The first kappa shape index (κ1) is 24.8. The molecule has 0 aliphatic carbocycles. The molecule has 0 nitrogen and oxygen atoms in total. The van der Waals surface area contributed by atoms with Gasteiger partial charge >= 0.3 is 33.3 Å². The van der Waals surface area contributed by atoms with Gasteiger partial charge in [-0.2, -0.15) is 34.0 Å². The third kappa shape index (κ3) is 7.94. The summed E-state index contributed by atoms with van der Waals surface area (Å²) in [5.41, 5.74) is 0. The normalized spacial score (nSPS) is 10.1. The Balaban J connectivity index is 0.000000127. The van der Waals surface area contributed by atoms with Crippen molar-refractivity contribution >= 4 is 119 Å². The van der Waals surface area contributed by atoms with E-state index in [1.54, 1.807) is 34.0 Å². The van der Waals surface area contributed by atoms with E-state index in [1.165, 1.54) is 28.6 Å². The monoisotopic (exact) mass is 611 g/mol. The van der Waals surface area contributed by atoms with Crippen molar-refractivity contribution in [1.82, 2.24) is 0 Å². The van der Waals surface area contributed by atoms with Gasteiger partial charge in [0.15, 0.2) is 0 Å². The molecule has 0 unspecified atom stereocenters. The molecule has 161 valence electrons. The third-order valence-corrected chi connectivity index (χ3v) is 9.98. The van der Waals surface area contributed by atoms with Crippen molar-refractivity contribution in [3.8, 4) is 0 Å². The smallest absolute Gasteiger partial charge is 0.0629 e. The molecule has 0 radical (unpaired) electrons. The maximum Gasteiger partial charge on any atom is 0.0629 e. The summed E-state index contributed by atoms with van der Waals surface area (Å²) in [6.07, 6.45) is 0. The topological polar surface area (TPSA) is 0 Å². The van der Waals surface area contributed by atoms with Crippen LogP contribution < -0.4 is 0 Å². The van der Waals surface area contributed by atoms with Crippen molar-refractivity contribution in [2.45, 2.75) is 9.79 Å². The quantitative estimate of drug-likeness (QED) is 0.175. The maximum atomic E-state index is 4.67. The first-order valence-corrected chi connectivity index (χ1v) is 17.0. The Labute approximate surface area is 218 Å². The van der Waals surface area contributed by atoms with Gasteiger partial charge in [0.2, 0.25) is 0 Å². The fourth-order valence-corrected chi connectivity index (χ4v) is 8.62. The van der Waals surface area contributed by atoms with Crippen LogP contribution in [0.2, 0.25) is 0 Å². The van der Waals surface area contributed by atoms with Crippen molar-refractivity contribution in [2.24, 2.45) is 0 Å². The van der Waals surface area contributed by atoms with E-state index < -0.39 is 0 Å². The molecule has 0 atom stereocenters. The maximum absolute atomic E-state index is 4.67. The number of thiophene rings is 6. The molecule has 10 heteroatoms. The minimum atomic E-state index is 0.757. The van der Waals surface area contributed by atoms with Crippen LogP contribution in [-0.4, -0.2) is 0 Å². The van der Waals surface area contributed by atoms with Crippen LogP contribution in [0.3, 0.4) is 0 Å². The summed E-state index contributed by atoms with van der Waals surface area (Å²) in [7, 11) is 9.34. The minimum absolute atomic E-state index is 0.757. The standard InChI is InChI=1S/C8H4S3.C8H6S3.C4H4S.2ClH.Cu/c1-3-9-7-5(1)11-6-2-4-10-8(6)7;1-3-9-5-7(1)11-8-2-4-10-6-8;1-2-4-5-3-1;;;/h1-4H;1-6H;1-4H;2*1H;/q;;;;;+2/p-2. The summed E-state index contributed by atoms with van der Waals surface area (Å²) in [4.78, 5) is 2.68. The zero-order chi connectivity index (χ0) is 21.0. The van der Waals surface area contributed by atoms with Crippen molar-refractivity contribution in [3.05, 3.63) is 79.4 Å². The average Bonchev–Trinajstić information content (AvgIpc) is 3.57. The Morgan fingerprint density at radius 3 is 1.50 bits per heavy atom. The summed E-state index contributed by atoms with van der Waals surface area (Å²) < 4.78 is 5.83. The molecule has 0 saturated carbocycles. The summed E-state index contributed by atoms with van der Waals surface area (Å²) >= 11 is 13.4. The van der Waals surface area contributed by atoms with Gasteiger partial charge < -0.3 is 0 Å². The van der Waals surface area contributed by atoms with Gasteiger partial charge in [-0.15, -0.1) is 34.0 Å². The Kier molecular flexibility index (Phi) is 11.9. The second-order valence-electron chi connectivity index (χ2n) is 5.19. The molecule has 0 bridgehead atoms. The molecule has 30 heavy (non-hydrogen) atoms. The molecule has 0 spiro atoms. The number of hydrogen-bond donors (Lipinski definition) is 0. The van der Waals surface area contributed by atoms with E-state index in [-0.39, 0.29) is 0 Å². The van der Waals surface area contributed by atoms with Gasteiger partial charge in [0.05, 0.1) is 9.40 Å². The molecule has 0 N–H and O–H groups in total. The zero-order valence-electron chi connectivity index (χ0n) is 15.0. The molecular formula is C20H14Cl2CuS7. The Hall–Kier alpha value is 0.169. The number of rotatable bonds is 2. The molecule has 6 heterocycles. The fraction of sp³-hybridized carbons (Fsp3) is 0. The van der Waals surface area contributed by atoms with Gasteiger partial charge in [0.25, 0.3) is 0 Å². The van der Waals surface area contributed by atoms with Gasteiger partial charge in [-0.25, -0.2) is 0 Å². The van der Waals surface area contributed by atoms with Gasteiger partial charge in [-0.3, -0.25) is 0 Å². The first-order chi connectivity index (χ1) is 14.8. The predicted octanol–water partition coefficient (Wildman–Crippen LogP) is 11.3. The first-order valence-electron chi connectivity index (χ1n) is 8.15. The van der Waals surface area contributed by atoms with E-state index in [0.717, 1.165) is 13.1 Å². The second-order valence-corrected chi connectivity index (χ2v) is 13.2. The summed E-state index contributed by atoms with van der Waals surface area (Å²) in [6, 6.07) is 12.7. The fourth-order valence-electron chi connectivity index (χ4n) is 2.19. The van der Waals surface area contributed by atoms with Crippen LogP contribution in [0.15, 0.2) is 89.2 Å². The van der Waals surface area contributed by atoms with E-state index in [0.29, 0.717) is 0 Å². The van der Waals surface area contributed by atoms with Crippen LogP contribution >= 0.6 is 100.0 Å². The average molecular weight is 613 g/mol. The largest absolute Gasteiger partial charge is 0.152 e. The van der Waals surface area contributed by atoms with Crippen LogP contribution in [-0.2, 0) is 13.1 Å². The van der Waals surface area contributed by atoms with Crippen molar-refractivity contribution in [1.29, 1.82) is 0 Å². The van der Waals surface area contributed by atoms with Crippen LogP contribution in [0.1, 0.15) is 0 Å². The van der Waals surface area contributed by atoms with Crippen molar-refractivity contribution in [3.63, 3.8) is 0 Å². The van der Waals surface area contributed by atoms with Gasteiger partial charge in [0, 0.05) is 30.0 Å². The van der Waals surface area contributed by atoms with Crippen molar-refractivity contribution < 1.29 is 13.1 Å². The minimum Gasteiger partial charge on any atom is -0.152 e. The predicted molar refractivity (Wildman–Crippen MR) is 144 cm³/mol. The Morgan fingerprint density at radius 1 is 0.633 bits per heavy atom. The van der Waals surface area contributed by atoms with Gasteiger partial charge in [0.1, 0.15) is 0 Å². The Morgan fingerprint density at radius 2 is 1.13 bits per heavy atom. The van der Waals surface area contributed by atoms with E-state index in [4.69, 9.17) is 0 Å². The molecule has 0 saturated heterocycles. The van der Waals surface area contributed by atoms with E-state index in [1.807, 2.05) is 68.7 Å². The summed E-state index contributed by atoms with van der Waals surface area (Å²) in [5, 5.41) is 17.0. The number of fused-ring (bicyclic) bond motifs is 3. The van der Waals surface area contributed by atoms with Crippen molar-refractivity contribution in [2.75, 3.05) is 0 Å². The molecule has 6 aromatic heterocycles. The molecular weight excluding hydrogens is 599 g/mol. The Bertz CT molecular complexity index is 1070. The van der Waals surface area contributed by atoms with Crippen LogP contribution in [0, 0.1) is 0 Å².